The Bertz CT molecular complexity index is 55.8. The van der Waals surface area contributed by atoms with E-state index in [0.29, 0.717) is 6.08 Å². The number of allylic oxidation sites excluding steroid dienone is 1. The maximum atomic E-state index is 10.8. The van der Waals surface area contributed by atoms with Gasteiger partial charge in [-0.1, -0.05) is 0 Å². The van der Waals surface area contributed by atoms with Crippen LogP contribution in [0.5, 0.6) is 0 Å². The van der Waals surface area contributed by atoms with E-state index in [2.05, 4.69) is 0 Å². The van der Waals surface area contributed by atoms with E-state index in [9.17, 15) is 8.78 Å². The van der Waals surface area contributed by atoms with E-state index in [4.69, 9.17) is 11.6 Å². The minimum atomic E-state index is -1.72. The van der Waals surface area contributed by atoms with Gasteiger partial charge in [0.25, 0.3) is 6.08 Å². The zero-order chi connectivity index (χ0) is 4.99. The van der Waals surface area contributed by atoms with Crippen LogP contribution in [0.1, 0.15) is 0 Å². The number of alkyl halides is 1. The lowest BCUT2D eigenvalue weighted by molar-refractivity contribution is 0.420. The molecule has 0 aromatic rings. The van der Waals surface area contributed by atoms with E-state index in [-0.39, 0.29) is 5.88 Å². The van der Waals surface area contributed by atoms with Crippen molar-refractivity contribution in [3.8, 4) is 0 Å². The van der Waals surface area contributed by atoms with Crippen molar-refractivity contribution < 1.29 is 8.78 Å². The summed E-state index contributed by atoms with van der Waals surface area (Å²) in [5.41, 5.74) is 0. The summed E-state index contributed by atoms with van der Waals surface area (Å²) in [6.45, 7) is 0. The predicted molar refractivity (Wildman–Crippen MR) is 21.0 cm³/mol. The van der Waals surface area contributed by atoms with E-state index < -0.39 is 6.08 Å². The lowest BCUT2D eigenvalue weighted by atomic mass is 10.7. The van der Waals surface area contributed by atoms with Crippen LogP contribution < -0.4 is 0 Å². The third kappa shape index (κ3) is 3.89. The van der Waals surface area contributed by atoms with Crippen LogP contribution in [-0.4, -0.2) is 5.88 Å². The highest BCUT2D eigenvalue weighted by Gasteiger charge is 1.80. The standard InChI is InChI=1S/C3H3ClF2/c4-2-1-3(5)6/h1H,2H2. The van der Waals surface area contributed by atoms with Crippen molar-refractivity contribution in [2.45, 2.75) is 0 Å². The van der Waals surface area contributed by atoms with Crippen molar-refractivity contribution in [1.82, 2.24) is 0 Å². The van der Waals surface area contributed by atoms with Crippen molar-refractivity contribution in [1.29, 1.82) is 0 Å². The molecule has 0 fully saturated rings. The van der Waals surface area contributed by atoms with Crippen molar-refractivity contribution in [2.24, 2.45) is 0 Å². The summed E-state index contributed by atoms with van der Waals surface area (Å²) in [5, 5.41) is 0. The van der Waals surface area contributed by atoms with Crippen LogP contribution in [0.3, 0.4) is 0 Å². The molecular formula is C3H3ClF2. The third-order valence-electron chi connectivity index (χ3n) is 0.231. The third-order valence-corrected chi connectivity index (χ3v) is 0.386. The van der Waals surface area contributed by atoms with Gasteiger partial charge in [0.15, 0.2) is 0 Å². The lowest BCUT2D eigenvalue weighted by Crippen LogP contribution is -1.58. The summed E-state index contributed by atoms with van der Waals surface area (Å²) in [6.07, 6.45) is -1.08. The molecule has 0 atom stereocenters. The average Bonchev–Trinajstić information content (AvgIpc) is 1.35. The van der Waals surface area contributed by atoms with Gasteiger partial charge in [0.1, 0.15) is 0 Å². The molecule has 6 heavy (non-hydrogen) atoms. The zero-order valence-corrected chi connectivity index (χ0v) is 3.67. The summed E-state index contributed by atoms with van der Waals surface area (Å²) < 4.78 is 21.6. The van der Waals surface area contributed by atoms with Gasteiger partial charge in [-0.3, -0.25) is 0 Å². The largest absolute Gasteiger partial charge is 0.267 e. The van der Waals surface area contributed by atoms with E-state index in [1.807, 2.05) is 0 Å². The first kappa shape index (κ1) is 5.89. The van der Waals surface area contributed by atoms with E-state index in [0.717, 1.165) is 0 Å². The summed E-state index contributed by atoms with van der Waals surface area (Å²) in [5.74, 6) is -0.109. The van der Waals surface area contributed by atoms with Gasteiger partial charge in [0, 0.05) is 5.88 Å². The first-order valence-electron chi connectivity index (χ1n) is 1.34. The second-order valence-corrected chi connectivity index (χ2v) is 0.957. The van der Waals surface area contributed by atoms with Crippen LogP contribution in [-0.2, 0) is 0 Å². The fourth-order valence-electron chi connectivity index (χ4n) is 0.0583. The SMILES string of the molecule is FC(F)=CCCl. The molecule has 0 rings (SSSR count). The van der Waals surface area contributed by atoms with Gasteiger partial charge < -0.3 is 0 Å². The fourth-order valence-corrected chi connectivity index (χ4v) is 0.175. The summed E-state index contributed by atoms with van der Waals surface area (Å²) in [4.78, 5) is 0. The molecular weight excluding hydrogens is 109 g/mol. The molecule has 36 valence electrons. The molecule has 0 N–H and O–H groups in total. The first-order valence-corrected chi connectivity index (χ1v) is 1.88. The lowest BCUT2D eigenvalue weighted by Gasteiger charge is -1.69. The highest BCUT2D eigenvalue weighted by molar-refractivity contribution is 6.18. The Morgan fingerprint density at radius 3 is 2.17 bits per heavy atom. The monoisotopic (exact) mass is 112 g/mol. The Kier molecular flexibility index (Phi) is 3.04. The Morgan fingerprint density at radius 1 is 1.67 bits per heavy atom. The minimum Gasteiger partial charge on any atom is -0.174 e. The Balaban J connectivity index is 3.14. The molecule has 0 aliphatic carbocycles. The summed E-state index contributed by atoms with van der Waals surface area (Å²) in [7, 11) is 0. The molecule has 0 bridgehead atoms. The van der Waals surface area contributed by atoms with E-state index in [1.165, 1.54) is 0 Å². The normalized spacial score (nSPS) is 7.83. The highest BCUT2D eigenvalue weighted by Crippen LogP contribution is 1.95. The van der Waals surface area contributed by atoms with Gasteiger partial charge in [-0.2, -0.15) is 8.78 Å². The smallest absolute Gasteiger partial charge is 0.174 e. The highest BCUT2D eigenvalue weighted by atomic mass is 35.5. The van der Waals surface area contributed by atoms with Crippen LogP contribution in [0.25, 0.3) is 0 Å². The minimum absolute atomic E-state index is 0.109. The maximum Gasteiger partial charge on any atom is 0.267 e. The van der Waals surface area contributed by atoms with Crippen molar-refractivity contribution in [3.05, 3.63) is 12.2 Å². The van der Waals surface area contributed by atoms with E-state index in [1.54, 1.807) is 0 Å². The van der Waals surface area contributed by atoms with Gasteiger partial charge in [-0.15, -0.1) is 11.6 Å². The number of hydrogen-bond acceptors (Lipinski definition) is 0. The van der Waals surface area contributed by atoms with Crippen LogP contribution in [0.15, 0.2) is 12.2 Å². The maximum absolute atomic E-state index is 10.8. The van der Waals surface area contributed by atoms with Crippen LogP contribution in [0, 0.1) is 0 Å². The summed E-state index contributed by atoms with van der Waals surface area (Å²) >= 11 is 4.84. The topological polar surface area (TPSA) is 0 Å². The zero-order valence-electron chi connectivity index (χ0n) is 2.92. The average molecular weight is 113 g/mol. The van der Waals surface area contributed by atoms with Gasteiger partial charge in [0.2, 0.25) is 0 Å². The predicted octanol–water partition coefficient (Wildman–Crippen LogP) is 2.01. The molecule has 0 spiro atoms. The number of halogens is 3. The van der Waals surface area contributed by atoms with Crippen LogP contribution in [0.4, 0.5) is 8.78 Å². The molecule has 0 amide bonds. The molecule has 0 aliphatic rings. The quantitative estimate of drug-likeness (QED) is 0.455. The molecule has 0 aromatic carbocycles. The fraction of sp³-hybridized carbons (Fsp3) is 0.333. The molecule has 0 unspecified atom stereocenters. The summed E-state index contributed by atoms with van der Waals surface area (Å²) in [6, 6.07) is 0. The second-order valence-electron chi connectivity index (χ2n) is 0.648. The van der Waals surface area contributed by atoms with Crippen molar-refractivity contribution in [3.63, 3.8) is 0 Å². The molecule has 0 saturated heterocycles. The Hall–Kier alpha value is -0.110. The molecule has 0 saturated carbocycles. The van der Waals surface area contributed by atoms with Gasteiger partial charge in [0.05, 0.1) is 0 Å². The van der Waals surface area contributed by atoms with Crippen molar-refractivity contribution in [2.75, 3.05) is 5.88 Å². The number of rotatable bonds is 1. The molecule has 0 heterocycles. The molecule has 0 aliphatic heterocycles. The Labute approximate surface area is 39.4 Å². The van der Waals surface area contributed by atoms with E-state index >= 15 is 0 Å². The molecule has 3 heteroatoms. The Morgan fingerprint density at radius 2 is 2.17 bits per heavy atom. The molecule has 0 aromatic heterocycles. The van der Waals surface area contributed by atoms with Gasteiger partial charge in [-0.25, -0.2) is 0 Å². The molecule has 0 radical (unpaired) electrons. The molecule has 0 nitrogen and oxygen atoms in total. The first-order chi connectivity index (χ1) is 2.77. The van der Waals surface area contributed by atoms with Gasteiger partial charge >= 0.3 is 0 Å². The number of hydrogen-bond donors (Lipinski definition) is 0. The van der Waals surface area contributed by atoms with Gasteiger partial charge in [-0.05, 0) is 6.08 Å². The second kappa shape index (κ2) is 3.09. The van der Waals surface area contributed by atoms with Crippen LogP contribution >= 0.6 is 11.6 Å². The van der Waals surface area contributed by atoms with Crippen LogP contribution in [0.2, 0.25) is 0 Å². The van der Waals surface area contributed by atoms with Crippen molar-refractivity contribution >= 4 is 11.6 Å².